The number of benzene rings is 1. The molecule has 0 atom stereocenters. The minimum absolute atomic E-state index is 0.176. The van der Waals surface area contributed by atoms with Gasteiger partial charge in [0.05, 0.1) is 0 Å². The van der Waals surface area contributed by atoms with Crippen LogP contribution in [0.3, 0.4) is 0 Å². The fourth-order valence-electron chi connectivity index (χ4n) is 3.30. The molecule has 0 fully saturated rings. The zero-order valence-corrected chi connectivity index (χ0v) is 11.8. The van der Waals surface area contributed by atoms with Crippen molar-refractivity contribution in [3.8, 4) is 0 Å². The Morgan fingerprint density at radius 1 is 1.06 bits per heavy atom. The number of hydrogen-bond acceptors (Lipinski definition) is 2. The van der Waals surface area contributed by atoms with Gasteiger partial charge in [-0.25, -0.2) is 0 Å². The van der Waals surface area contributed by atoms with Gasteiger partial charge in [-0.15, -0.1) is 0 Å². The number of fused-ring (bicyclic) bond motifs is 1. The summed E-state index contributed by atoms with van der Waals surface area (Å²) in [6.07, 6.45) is 4.66. The molecular formula is C16H26N2. The van der Waals surface area contributed by atoms with Crippen LogP contribution >= 0.6 is 0 Å². The predicted molar refractivity (Wildman–Crippen MR) is 77.8 cm³/mol. The zero-order valence-electron chi connectivity index (χ0n) is 11.8. The first-order valence-electron chi connectivity index (χ1n) is 7.27. The smallest absolute Gasteiger partial charge is 0.0412 e. The summed E-state index contributed by atoms with van der Waals surface area (Å²) in [5, 5.41) is 0. The third-order valence-electron chi connectivity index (χ3n) is 4.20. The van der Waals surface area contributed by atoms with Gasteiger partial charge in [-0.05, 0) is 49.9 Å². The molecule has 2 N–H and O–H groups in total. The maximum Gasteiger partial charge on any atom is 0.0412 e. The maximum atomic E-state index is 6.17. The third-order valence-corrected chi connectivity index (χ3v) is 4.20. The van der Waals surface area contributed by atoms with Crippen molar-refractivity contribution in [2.45, 2.75) is 45.1 Å². The lowest BCUT2D eigenvalue weighted by atomic mass is 9.92. The molecule has 1 aromatic rings. The Kier molecular flexibility index (Phi) is 4.41. The van der Waals surface area contributed by atoms with Gasteiger partial charge in [-0.2, -0.15) is 0 Å². The van der Waals surface area contributed by atoms with E-state index in [2.05, 4.69) is 43.0 Å². The first kappa shape index (κ1) is 13.6. The molecule has 2 rings (SSSR count). The fraction of sp³-hybridized carbons (Fsp3) is 0.625. The second kappa shape index (κ2) is 5.85. The molecule has 0 aliphatic heterocycles. The van der Waals surface area contributed by atoms with Crippen LogP contribution in [0.15, 0.2) is 24.3 Å². The summed E-state index contributed by atoms with van der Waals surface area (Å²) >= 11 is 0. The van der Waals surface area contributed by atoms with E-state index in [1.54, 1.807) is 0 Å². The SMILES string of the molecule is CCCN(CCC)C1(CN)Cc2ccccc2C1. The lowest BCUT2D eigenvalue weighted by Gasteiger charge is -2.40. The summed E-state index contributed by atoms with van der Waals surface area (Å²) in [6, 6.07) is 8.83. The monoisotopic (exact) mass is 246 g/mol. The Morgan fingerprint density at radius 3 is 1.94 bits per heavy atom. The molecule has 18 heavy (non-hydrogen) atoms. The predicted octanol–water partition coefficient (Wildman–Crippen LogP) is 2.60. The molecule has 0 radical (unpaired) electrons. The van der Waals surface area contributed by atoms with Gasteiger partial charge in [0.1, 0.15) is 0 Å². The molecule has 0 aromatic heterocycles. The van der Waals surface area contributed by atoms with Gasteiger partial charge in [-0.1, -0.05) is 38.1 Å². The fourth-order valence-corrected chi connectivity index (χ4v) is 3.30. The average molecular weight is 246 g/mol. The molecule has 100 valence electrons. The maximum absolute atomic E-state index is 6.17. The van der Waals surface area contributed by atoms with E-state index in [1.807, 2.05) is 0 Å². The van der Waals surface area contributed by atoms with Gasteiger partial charge >= 0.3 is 0 Å². The Bertz CT molecular complexity index is 355. The Morgan fingerprint density at radius 2 is 1.56 bits per heavy atom. The number of rotatable bonds is 6. The van der Waals surface area contributed by atoms with Gasteiger partial charge in [-0.3, -0.25) is 4.90 Å². The van der Waals surface area contributed by atoms with E-state index in [-0.39, 0.29) is 5.54 Å². The highest BCUT2D eigenvalue weighted by Gasteiger charge is 2.40. The van der Waals surface area contributed by atoms with Crippen LogP contribution in [0.4, 0.5) is 0 Å². The molecule has 2 heteroatoms. The van der Waals surface area contributed by atoms with E-state index in [9.17, 15) is 0 Å². The molecule has 0 saturated carbocycles. The van der Waals surface area contributed by atoms with E-state index < -0.39 is 0 Å². The topological polar surface area (TPSA) is 29.3 Å². The van der Waals surface area contributed by atoms with E-state index in [0.717, 1.165) is 19.4 Å². The molecule has 0 spiro atoms. The molecule has 0 heterocycles. The highest BCUT2D eigenvalue weighted by molar-refractivity contribution is 5.36. The van der Waals surface area contributed by atoms with E-state index in [1.165, 1.54) is 37.1 Å². The second-order valence-electron chi connectivity index (χ2n) is 5.54. The Labute approximate surface area is 111 Å². The Balaban J connectivity index is 2.22. The lowest BCUT2D eigenvalue weighted by Crippen LogP contribution is -2.55. The van der Waals surface area contributed by atoms with Crippen molar-refractivity contribution in [2.75, 3.05) is 19.6 Å². The summed E-state index contributed by atoms with van der Waals surface area (Å²) in [6.45, 7) is 7.61. The van der Waals surface area contributed by atoms with Gasteiger partial charge in [0.25, 0.3) is 0 Å². The van der Waals surface area contributed by atoms with Crippen molar-refractivity contribution in [2.24, 2.45) is 5.73 Å². The van der Waals surface area contributed by atoms with Crippen molar-refractivity contribution in [1.29, 1.82) is 0 Å². The molecule has 1 aliphatic carbocycles. The quantitative estimate of drug-likeness (QED) is 0.836. The lowest BCUT2D eigenvalue weighted by molar-refractivity contribution is 0.102. The molecule has 2 nitrogen and oxygen atoms in total. The summed E-state index contributed by atoms with van der Waals surface area (Å²) in [5.41, 5.74) is 9.34. The highest BCUT2D eigenvalue weighted by Crippen LogP contribution is 2.34. The van der Waals surface area contributed by atoms with E-state index in [0.29, 0.717) is 0 Å². The van der Waals surface area contributed by atoms with Gasteiger partial charge in [0, 0.05) is 12.1 Å². The molecule has 0 amide bonds. The third kappa shape index (κ3) is 2.45. The molecule has 0 bridgehead atoms. The van der Waals surface area contributed by atoms with Crippen molar-refractivity contribution >= 4 is 0 Å². The van der Waals surface area contributed by atoms with Crippen molar-refractivity contribution in [3.63, 3.8) is 0 Å². The van der Waals surface area contributed by atoms with Crippen LogP contribution in [0.2, 0.25) is 0 Å². The molecule has 1 aromatic carbocycles. The van der Waals surface area contributed by atoms with Crippen molar-refractivity contribution < 1.29 is 0 Å². The normalized spacial score (nSPS) is 17.1. The zero-order chi connectivity index (χ0) is 13.0. The first-order valence-corrected chi connectivity index (χ1v) is 7.27. The van der Waals surface area contributed by atoms with Gasteiger partial charge in [0.15, 0.2) is 0 Å². The first-order chi connectivity index (χ1) is 8.75. The average Bonchev–Trinajstić information content (AvgIpc) is 2.78. The van der Waals surface area contributed by atoms with Crippen LogP contribution in [-0.2, 0) is 12.8 Å². The number of nitrogens with zero attached hydrogens (tertiary/aromatic N) is 1. The van der Waals surface area contributed by atoms with Crippen LogP contribution in [0.25, 0.3) is 0 Å². The van der Waals surface area contributed by atoms with Crippen LogP contribution in [-0.4, -0.2) is 30.1 Å². The summed E-state index contributed by atoms with van der Waals surface area (Å²) in [5.74, 6) is 0. The molecule has 1 aliphatic rings. The van der Waals surface area contributed by atoms with Crippen molar-refractivity contribution in [1.82, 2.24) is 4.90 Å². The van der Waals surface area contributed by atoms with Gasteiger partial charge < -0.3 is 5.73 Å². The summed E-state index contributed by atoms with van der Waals surface area (Å²) < 4.78 is 0. The highest BCUT2D eigenvalue weighted by atomic mass is 15.2. The van der Waals surface area contributed by atoms with Crippen LogP contribution in [0.5, 0.6) is 0 Å². The number of nitrogens with two attached hydrogens (primary N) is 1. The molecule has 0 unspecified atom stereocenters. The largest absolute Gasteiger partial charge is 0.329 e. The minimum atomic E-state index is 0.176. The Hall–Kier alpha value is -0.860. The molecule has 0 saturated heterocycles. The van der Waals surface area contributed by atoms with Crippen LogP contribution in [0, 0.1) is 0 Å². The van der Waals surface area contributed by atoms with E-state index >= 15 is 0 Å². The number of hydrogen-bond donors (Lipinski definition) is 1. The minimum Gasteiger partial charge on any atom is -0.329 e. The summed E-state index contributed by atoms with van der Waals surface area (Å²) in [7, 11) is 0. The van der Waals surface area contributed by atoms with Gasteiger partial charge in [0.2, 0.25) is 0 Å². The van der Waals surface area contributed by atoms with Crippen molar-refractivity contribution in [3.05, 3.63) is 35.4 Å². The standard InChI is InChI=1S/C16H26N2/c1-3-9-18(10-4-2)16(13-17)11-14-7-5-6-8-15(14)12-16/h5-8H,3-4,9-13,17H2,1-2H3. The van der Waals surface area contributed by atoms with Crippen LogP contribution < -0.4 is 5.73 Å². The van der Waals surface area contributed by atoms with E-state index in [4.69, 9.17) is 5.73 Å². The molecular weight excluding hydrogens is 220 g/mol. The summed E-state index contributed by atoms with van der Waals surface area (Å²) in [4.78, 5) is 2.63. The second-order valence-corrected chi connectivity index (χ2v) is 5.54. The van der Waals surface area contributed by atoms with Crippen LogP contribution in [0.1, 0.15) is 37.8 Å².